The average molecular weight is 447 g/mol. The molecule has 3 aromatic rings. The van der Waals surface area contributed by atoms with Crippen LogP contribution in [-0.2, 0) is 14.9 Å². The maximum Gasteiger partial charge on any atom is 0.379 e. The molecule has 1 aliphatic rings. The van der Waals surface area contributed by atoms with E-state index in [2.05, 4.69) is 13.8 Å². The van der Waals surface area contributed by atoms with Gasteiger partial charge in [0, 0.05) is 16.5 Å². The highest BCUT2D eigenvalue weighted by molar-refractivity contribution is 7.12. The monoisotopic (exact) mass is 446 g/mol. The van der Waals surface area contributed by atoms with Crippen molar-refractivity contribution in [2.24, 2.45) is 0 Å². The van der Waals surface area contributed by atoms with Crippen LogP contribution in [0, 0.1) is 0 Å². The summed E-state index contributed by atoms with van der Waals surface area (Å²) in [4.78, 5) is 38.6. The lowest BCUT2D eigenvalue weighted by atomic mass is 9.73. The Morgan fingerprint density at radius 1 is 0.906 bits per heavy atom. The minimum atomic E-state index is -0.835. The van der Waals surface area contributed by atoms with Gasteiger partial charge in [-0.05, 0) is 72.5 Å². The van der Waals surface area contributed by atoms with Crippen LogP contribution in [0.3, 0.4) is 0 Å². The molecule has 0 N–H and O–H groups in total. The zero-order chi connectivity index (χ0) is 23.0. The van der Waals surface area contributed by atoms with Gasteiger partial charge in [-0.25, -0.2) is 4.79 Å². The van der Waals surface area contributed by atoms with Gasteiger partial charge in [0.05, 0.1) is 11.0 Å². The lowest BCUT2D eigenvalue weighted by Crippen LogP contribution is -2.25. The molecule has 0 atom stereocenters. The lowest BCUT2D eigenvalue weighted by molar-refractivity contribution is -0.141. The fourth-order valence-electron chi connectivity index (χ4n) is 4.72. The fourth-order valence-corrected chi connectivity index (χ4v) is 5.41. The van der Waals surface area contributed by atoms with Crippen molar-refractivity contribution < 1.29 is 19.1 Å². The van der Waals surface area contributed by atoms with Crippen LogP contribution >= 0.6 is 11.3 Å². The normalized spacial score (nSPS) is 13.5. The van der Waals surface area contributed by atoms with Crippen molar-refractivity contribution in [1.82, 2.24) is 0 Å². The number of benzene rings is 2. The van der Waals surface area contributed by atoms with E-state index in [1.54, 1.807) is 19.9 Å². The van der Waals surface area contributed by atoms with Crippen molar-refractivity contribution >= 4 is 28.9 Å². The van der Waals surface area contributed by atoms with Crippen molar-refractivity contribution in [3.8, 4) is 11.1 Å². The molecule has 0 saturated heterocycles. The van der Waals surface area contributed by atoms with Crippen molar-refractivity contribution in [2.45, 2.75) is 52.1 Å². The number of thiophene rings is 1. The first-order valence-electron chi connectivity index (χ1n) is 10.9. The summed E-state index contributed by atoms with van der Waals surface area (Å²) >= 11 is 1.44. The van der Waals surface area contributed by atoms with E-state index in [0.717, 1.165) is 40.0 Å². The summed E-state index contributed by atoms with van der Waals surface area (Å²) in [5.41, 5.74) is 4.94. The summed E-state index contributed by atoms with van der Waals surface area (Å²) in [5, 5.41) is 1.90. The number of fused-ring (bicyclic) bond motifs is 3. The maximum atomic E-state index is 13.0. The third-order valence-electron chi connectivity index (χ3n) is 6.37. The molecular formula is C27H26O4S. The van der Waals surface area contributed by atoms with Gasteiger partial charge in [0.15, 0.2) is 0 Å². The van der Waals surface area contributed by atoms with E-state index < -0.39 is 11.8 Å². The zero-order valence-corrected chi connectivity index (χ0v) is 19.5. The van der Waals surface area contributed by atoms with Crippen LogP contribution in [0.5, 0.6) is 0 Å². The third kappa shape index (κ3) is 3.51. The number of carbonyl (C=O) groups excluding carboxylic acids is 3. The van der Waals surface area contributed by atoms with Crippen LogP contribution in [0.25, 0.3) is 11.1 Å². The highest BCUT2D eigenvalue weighted by Gasteiger charge is 2.41. The molecule has 0 bridgehead atoms. The van der Waals surface area contributed by atoms with Crippen LogP contribution in [0.2, 0.25) is 0 Å². The van der Waals surface area contributed by atoms with Crippen molar-refractivity contribution in [3.05, 3.63) is 81.0 Å². The van der Waals surface area contributed by atoms with E-state index in [0.29, 0.717) is 11.1 Å². The Kier molecular flexibility index (Phi) is 5.87. The van der Waals surface area contributed by atoms with Gasteiger partial charge in [0.25, 0.3) is 5.78 Å². The van der Waals surface area contributed by atoms with Crippen molar-refractivity contribution in [2.75, 3.05) is 0 Å². The van der Waals surface area contributed by atoms with E-state index in [-0.39, 0.29) is 17.3 Å². The SMILES string of the molecule is CCC1(CC)c2cc(C(=O)C(=O)OC(C)C)ccc2-c2ccc(C(=O)c3cccs3)cc21. The van der Waals surface area contributed by atoms with E-state index in [9.17, 15) is 14.4 Å². The molecule has 0 saturated carbocycles. The Balaban J connectivity index is 1.80. The second-order valence-electron chi connectivity index (χ2n) is 8.40. The summed E-state index contributed by atoms with van der Waals surface area (Å²) < 4.78 is 5.10. The number of ether oxygens (including phenoxy) is 1. The van der Waals surface area contributed by atoms with E-state index in [4.69, 9.17) is 4.74 Å². The number of carbonyl (C=O) groups is 3. The molecule has 0 fully saturated rings. The number of hydrogen-bond donors (Lipinski definition) is 0. The first-order valence-corrected chi connectivity index (χ1v) is 11.8. The molecule has 5 heteroatoms. The fraction of sp³-hybridized carbons (Fsp3) is 0.296. The van der Waals surface area contributed by atoms with Gasteiger partial charge >= 0.3 is 5.97 Å². The van der Waals surface area contributed by atoms with Crippen molar-refractivity contribution in [3.63, 3.8) is 0 Å². The first-order chi connectivity index (χ1) is 15.3. The summed E-state index contributed by atoms with van der Waals surface area (Å²) in [6.45, 7) is 7.69. The standard InChI is InChI=1S/C27H26O4S/c1-5-27(6-2)21-14-17(24(28)23-8-7-13-32-23)9-11-19(21)20-12-10-18(15-22(20)27)25(29)26(30)31-16(3)4/h7-16H,5-6H2,1-4H3. The minimum Gasteiger partial charge on any atom is -0.457 e. The smallest absolute Gasteiger partial charge is 0.379 e. The molecule has 0 unspecified atom stereocenters. The van der Waals surface area contributed by atoms with Crippen LogP contribution in [0.1, 0.15) is 77.3 Å². The zero-order valence-electron chi connectivity index (χ0n) is 18.7. The molecule has 1 aliphatic carbocycles. The highest BCUT2D eigenvalue weighted by Crippen LogP contribution is 2.53. The summed E-state index contributed by atoms with van der Waals surface area (Å²) in [6.07, 6.45) is 1.28. The van der Waals surface area contributed by atoms with Gasteiger partial charge in [-0.15, -0.1) is 11.3 Å². The number of ketones is 2. The van der Waals surface area contributed by atoms with Crippen LogP contribution in [0.4, 0.5) is 0 Å². The lowest BCUT2D eigenvalue weighted by Gasteiger charge is -2.30. The minimum absolute atomic E-state index is 0.0205. The van der Waals surface area contributed by atoms with Gasteiger partial charge in [-0.2, -0.15) is 0 Å². The Hall–Kier alpha value is -3.05. The van der Waals surface area contributed by atoms with E-state index in [1.165, 1.54) is 11.3 Å². The molecule has 4 nitrogen and oxygen atoms in total. The van der Waals surface area contributed by atoms with Gasteiger partial charge in [0.1, 0.15) is 0 Å². The first kappa shape index (κ1) is 22.2. The Bertz CT molecular complexity index is 1200. The number of Topliss-reactive ketones (excluding diaryl/α,β-unsaturated/α-hetero) is 1. The third-order valence-corrected chi connectivity index (χ3v) is 7.23. The number of hydrogen-bond acceptors (Lipinski definition) is 5. The average Bonchev–Trinajstić information content (AvgIpc) is 3.42. The van der Waals surface area contributed by atoms with E-state index in [1.807, 2.05) is 47.8 Å². The second kappa shape index (κ2) is 8.47. The summed E-state index contributed by atoms with van der Waals surface area (Å²) in [7, 11) is 0. The molecule has 0 spiro atoms. The Morgan fingerprint density at radius 3 is 2.03 bits per heavy atom. The molecule has 4 rings (SSSR count). The maximum absolute atomic E-state index is 13.0. The van der Waals surface area contributed by atoms with Crippen molar-refractivity contribution in [1.29, 1.82) is 0 Å². The number of rotatable bonds is 7. The molecule has 0 amide bonds. The van der Waals surface area contributed by atoms with Crippen LogP contribution in [-0.4, -0.2) is 23.6 Å². The molecule has 2 aromatic carbocycles. The second-order valence-corrected chi connectivity index (χ2v) is 9.35. The summed E-state index contributed by atoms with van der Waals surface area (Å²) in [6, 6.07) is 15.1. The summed E-state index contributed by atoms with van der Waals surface area (Å²) in [5.74, 6) is -1.45. The van der Waals surface area contributed by atoms with Gasteiger partial charge in [0.2, 0.25) is 5.78 Å². The number of esters is 1. The predicted molar refractivity (Wildman–Crippen MR) is 127 cm³/mol. The molecule has 164 valence electrons. The van der Waals surface area contributed by atoms with Gasteiger partial charge in [-0.3, -0.25) is 9.59 Å². The molecule has 1 heterocycles. The Labute approximate surface area is 192 Å². The van der Waals surface area contributed by atoms with Crippen LogP contribution in [0.15, 0.2) is 53.9 Å². The largest absolute Gasteiger partial charge is 0.457 e. The topological polar surface area (TPSA) is 60.4 Å². The van der Waals surface area contributed by atoms with Crippen LogP contribution < -0.4 is 0 Å². The highest BCUT2D eigenvalue weighted by atomic mass is 32.1. The molecular weight excluding hydrogens is 420 g/mol. The predicted octanol–water partition coefficient (Wildman–Crippen LogP) is 6.20. The molecule has 0 aliphatic heterocycles. The Morgan fingerprint density at radius 2 is 1.50 bits per heavy atom. The van der Waals surface area contributed by atoms with Gasteiger partial charge in [-0.1, -0.05) is 44.2 Å². The molecule has 0 radical (unpaired) electrons. The molecule has 32 heavy (non-hydrogen) atoms. The molecule has 1 aromatic heterocycles. The van der Waals surface area contributed by atoms with E-state index >= 15 is 0 Å². The quantitative estimate of drug-likeness (QED) is 0.246. The van der Waals surface area contributed by atoms with Gasteiger partial charge < -0.3 is 4.74 Å².